The van der Waals surface area contributed by atoms with Crippen LogP contribution in [0.2, 0.25) is 0 Å². The van der Waals surface area contributed by atoms with Gasteiger partial charge in [0.25, 0.3) is 0 Å². The van der Waals surface area contributed by atoms with Gasteiger partial charge in [-0.15, -0.1) is 0 Å². The molecular weight excluding hydrogens is 303 g/mol. The van der Waals surface area contributed by atoms with Crippen LogP contribution < -0.4 is 5.30 Å². The van der Waals surface area contributed by atoms with Crippen molar-refractivity contribution >= 4 is 12.9 Å². The van der Waals surface area contributed by atoms with Gasteiger partial charge in [0.1, 0.15) is 11.5 Å². The van der Waals surface area contributed by atoms with E-state index in [1.165, 1.54) is 18.2 Å². The third-order valence-corrected chi connectivity index (χ3v) is 4.51. The van der Waals surface area contributed by atoms with Crippen LogP contribution in [0.4, 0.5) is 0 Å². The molecule has 0 spiro atoms. The summed E-state index contributed by atoms with van der Waals surface area (Å²) < 4.78 is 11.4. The number of phenols is 2. The Kier molecular flexibility index (Phi) is 5.24. The molecule has 0 saturated carbocycles. The number of aromatic hydroxyl groups is 2. The van der Waals surface area contributed by atoms with Crippen molar-refractivity contribution in [3.63, 3.8) is 0 Å². The van der Waals surface area contributed by atoms with Crippen LogP contribution in [0.5, 0.6) is 11.5 Å². The minimum absolute atomic E-state index is 0.000168. The lowest BCUT2D eigenvalue weighted by atomic mass is 10.0. The van der Waals surface area contributed by atoms with Gasteiger partial charge in [0, 0.05) is 0 Å². The molecule has 0 aliphatic heterocycles. The van der Waals surface area contributed by atoms with E-state index in [0.717, 1.165) is 24.8 Å². The first-order chi connectivity index (χ1) is 10.4. The smallest absolute Gasteiger partial charge is 0.356 e. The topological polar surface area (TPSA) is 98.0 Å². The average molecular weight is 322 g/mol. The van der Waals surface area contributed by atoms with Crippen molar-refractivity contribution in [2.24, 2.45) is 0 Å². The van der Waals surface area contributed by atoms with Gasteiger partial charge in [-0.05, 0) is 67.1 Å². The van der Waals surface area contributed by atoms with E-state index in [1.807, 2.05) is 6.07 Å². The quantitative estimate of drug-likeness (QED) is 0.484. The van der Waals surface area contributed by atoms with Crippen molar-refractivity contribution in [2.75, 3.05) is 0 Å². The highest BCUT2D eigenvalue weighted by atomic mass is 31.2. The van der Waals surface area contributed by atoms with Crippen LogP contribution in [0.25, 0.3) is 0 Å². The van der Waals surface area contributed by atoms with Gasteiger partial charge in [-0.1, -0.05) is 12.1 Å². The first-order valence-electron chi connectivity index (χ1n) is 7.02. The zero-order valence-corrected chi connectivity index (χ0v) is 12.9. The molecule has 0 atom stereocenters. The molecule has 2 aromatic carbocycles. The number of phenolic OH excluding ortho intramolecular Hbond substituents is 2. The molecule has 118 valence electrons. The van der Waals surface area contributed by atoms with E-state index in [-0.39, 0.29) is 16.8 Å². The van der Waals surface area contributed by atoms with E-state index in [9.17, 15) is 24.6 Å². The molecule has 5 nitrogen and oxygen atoms in total. The number of benzene rings is 2. The van der Waals surface area contributed by atoms with Gasteiger partial charge in [-0.25, -0.2) is 0 Å². The second-order valence-corrected chi connectivity index (χ2v) is 6.80. The molecule has 0 aliphatic carbocycles. The molecule has 0 bridgehead atoms. The third kappa shape index (κ3) is 4.60. The minimum Gasteiger partial charge on any atom is -0.508 e. The lowest BCUT2D eigenvalue weighted by molar-refractivity contribution is 0.387. The van der Waals surface area contributed by atoms with Gasteiger partial charge in [-0.2, -0.15) is 0 Å². The largest absolute Gasteiger partial charge is 0.508 e. The fraction of sp³-hybridized carbons (Fsp3) is 0.250. The van der Waals surface area contributed by atoms with E-state index in [0.29, 0.717) is 12.0 Å². The second-order valence-electron chi connectivity index (χ2n) is 5.23. The van der Waals surface area contributed by atoms with Crippen molar-refractivity contribution in [1.82, 2.24) is 0 Å². The van der Waals surface area contributed by atoms with Crippen LogP contribution in [0.1, 0.15) is 24.0 Å². The summed E-state index contributed by atoms with van der Waals surface area (Å²) in [6.45, 7) is 0. The number of hydrogen-bond donors (Lipinski definition) is 4. The van der Waals surface area contributed by atoms with Crippen LogP contribution >= 0.6 is 7.60 Å². The Bertz CT molecular complexity index is 693. The molecule has 2 aromatic rings. The minimum atomic E-state index is -4.33. The van der Waals surface area contributed by atoms with E-state index in [4.69, 9.17) is 0 Å². The van der Waals surface area contributed by atoms with Crippen molar-refractivity contribution in [2.45, 2.75) is 25.7 Å². The predicted molar refractivity (Wildman–Crippen MR) is 84.5 cm³/mol. The lowest BCUT2D eigenvalue weighted by Crippen LogP contribution is -2.10. The van der Waals surface area contributed by atoms with E-state index < -0.39 is 7.60 Å². The highest BCUT2D eigenvalue weighted by molar-refractivity contribution is 7.60. The molecule has 0 saturated heterocycles. The fourth-order valence-electron chi connectivity index (χ4n) is 2.41. The Hall–Kier alpha value is -1.81. The average Bonchev–Trinajstić information content (AvgIpc) is 2.42. The zero-order valence-electron chi connectivity index (χ0n) is 12.0. The Balaban J connectivity index is 1.97. The van der Waals surface area contributed by atoms with Gasteiger partial charge in [0.05, 0.1) is 5.30 Å². The molecule has 0 fully saturated rings. The Morgan fingerprint density at radius 2 is 1.55 bits per heavy atom. The van der Waals surface area contributed by atoms with Gasteiger partial charge < -0.3 is 20.0 Å². The van der Waals surface area contributed by atoms with Crippen LogP contribution in [0.3, 0.4) is 0 Å². The van der Waals surface area contributed by atoms with Crippen molar-refractivity contribution in [3.8, 4) is 11.5 Å². The molecular formula is C16H19O5P. The summed E-state index contributed by atoms with van der Waals surface area (Å²) in [6.07, 6.45) is 2.80. The maximum Gasteiger partial charge on any atom is 0.356 e. The van der Waals surface area contributed by atoms with Crippen molar-refractivity contribution in [1.29, 1.82) is 0 Å². The third-order valence-electron chi connectivity index (χ3n) is 3.45. The number of hydrogen-bond acceptors (Lipinski definition) is 3. The summed E-state index contributed by atoms with van der Waals surface area (Å²) >= 11 is 0. The maximum atomic E-state index is 11.4. The SMILES string of the molecule is O=P(O)(O)c1ccc(O)cc1CCCCc1cccc(O)c1. The van der Waals surface area contributed by atoms with Gasteiger partial charge in [0.2, 0.25) is 0 Å². The van der Waals surface area contributed by atoms with Crippen LogP contribution in [0, 0.1) is 0 Å². The summed E-state index contributed by atoms with van der Waals surface area (Å²) in [6, 6.07) is 11.0. The Morgan fingerprint density at radius 3 is 2.23 bits per heavy atom. The number of aryl methyl sites for hydroxylation is 2. The maximum absolute atomic E-state index is 11.4. The summed E-state index contributed by atoms with van der Waals surface area (Å²) in [4.78, 5) is 18.7. The molecule has 0 amide bonds. The van der Waals surface area contributed by atoms with Crippen LogP contribution in [-0.2, 0) is 17.4 Å². The Labute approximate surface area is 129 Å². The van der Waals surface area contributed by atoms with Crippen molar-refractivity contribution in [3.05, 3.63) is 53.6 Å². The number of rotatable bonds is 6. The van der Waals surface area contributed by atoms with Crippen molar-refractivity contribution < 1.29 is 24.6 Å². The Morgan fingerprint density at radius 1 is 0.864 bits per heavy atom. The van der Waals surface area contributed by atoms with Crippen LogP contribution in [0.15, 0.2) is 42.5 Å². The van der Waals surface area contributed by atoms with Crippen LogP contribution in [-0.4, -0.2) is 20.0 Å². The summed E-state index contributed by atoms with van der Waals surface area (Å²) in [7, 11) is -4.33. The zero-order chi connectivity index (χ0) is 16.2. The highest BCUT2D eigenvalue weighted by Crippen LogP contribution is 2.36. The summed E-state index contributed by atoms with van der Waals surface area (Å²) in [5.74, 6) is 0.231. The lowest BCUT2D eigenvalue weighted by Gasteiger charge is -2.11. The molecule has 0 heterocycles. The first kappa shape index (κ1) is 16.6. The molecule has 0 aromatic heterocycles. The van der Waals surface area contributed by atoms with Gasteiger partial charge in [-0.3, -0.25) is 4.57 Å². The summed E-state index contributed by atoms with van der Waals surface area (Å²) in [5.41, 5.74) is 1.50. The van der Waals surface area contributed by atoms with E-state index >= 15 is 0 Å². The second kappa shape index (κ2) is 6.97. The molecule has 22 heavy (non-hydrogen) atoms. The normalized spacial score (nSPS) is 11.5. The van der Waals surface area contributed by atoms with Gasteiger partial charge >= 0.3 is 7.60 Å². The molecule has 0 radical (unpaired) electrons. The molecule has 6 heteroatoms. The van der Waals surface area contributed by atoms with Gasteiger partial charge in [0.15, 0.2) is 0 Å². The summed E-state index contributed by atoms with van der Waals surface area (Å²) in [5, 5.41) is 18.9. The van der Waals surface area contributed by atoms with E-state index in [2.05, 4.69) is 0 Å². The fourth-order valence-corrected chi connectivity index (χ4v) is 3.23. The van der Waals surface area contributed by atoms with E-state index in [1.54, 1.807) is 18.2 Å². The number of unbranched alkanes of at least 4 members (excludes halogenated alkanes) is 1. The predicted octanol–water partition coefficient (Wildman–Crippen LogP) is 2.47. The molecule has 2 rings (SSSR count). The molecule has 4 N–H and O–H groups in total. The highest BCUT2D eigenvalue weighted by Gasteiger charge is 2.21. The monoisotopic (exact) mass is 322 g/mol. The standard InChI is InChI=1S/C16H19O5P/c17-14-7-3-5-12(10-14)4-1-2-6-13-11-15(18)8-9-16(13)22(19,20)21/h3,5,7-11,17-18H,1-2,4,6H2,(H2,19,20,21). The first-order valence-corrected chi connectivity index (χ1v) is 8.63. The molecule has 0 unspecified atom stereocenters. The molecule has 0 aliphatic rings.